The predicted octanol–water partition coefficient (Wildman–Crippen LogP) is 2.24. The number of para-hydroxylation sites is 1. The first kappa shape index (κ1) is 19.2. The molecule has 6 heteroatoms. The van der Waals surface area contributed by atoms with Gasteiger partial charge in [-0.1, -0.05) is 18.2 Å². The fraction of sp³-hybridized carbons (Fsp3) is 0.579. The minimum atomic E-state index is -0.849. The Bertz CT molecular complexity index is 578. The number of rotatable bonds is 8. The Morgan fingerprint density at radius 2 is 2.04 bits per heavy atom. The maximum atomic E-state index is 12.7. The SMILES string of the molecule is COCCC[C@]1(C(=O)O)CCCN(C(=O)CN(C)c2ccccc2)C1. The summed E-state index contributed by atoms with van der Waals surface area (Å²) in [6.07, 6.45) is 2.56. The number of likely N-dealkylation sites (tertiary alicyclic amines) is 1. The van der Waals surface area contributed by atoms with Crippen molar-refractivity contribution in [2.24, 2.45) is 5.41 Å². The summed E-state index contributed by atoms with van der Waals surface area (Å²) in [4.78, 5) is 28.2. The van der Waals surface area contributed by atoms with Crippen LogP contribution >= 0.6 is 0 Å². The van der Waals surface area contributed by atoms with E-state index in [4.69, 9.17) is 4.74 Å². The fourth-order valence-electron chi connectivity index (χ4n) is 3.46. The van der Waals surface area contributed by atoms with Crippen LogP contribution in [0.25, 0.3) is 0 Å². The minimum absolute atomic E-state index is 0.0246. The second-order valence-electron chi connectivity index (χ2n) is 6.79. The molecule has 0 bridgehead atoms. The first-order valence-corrected chi connectivity index (χ1v) is 8.75. The lowest BCUT2D eigenvalue weighted by Gasteiger charge is -2.40. The van der Waals surface area contributed by atoms with Crippen molar-refractivity contribution in [2.45, 2.75) is 25.7 Å². The molecule has 1 aliphatic rings. The summed E-state index contributed by atoms with van der Waals surface area (Å²) in [5.41, 5.74) is 0.120. The minimum Gasteiger partial charge on any atom is -0.481 e. The van der Waals surface area contributed by atoms with Crippen molar-refractivity contribution in [1.82, 2.24) is 4.90 Å². The molecule has 1 aliphatic heterocycles. The summed E-state index contributed by atoms with van der Waals surface area (Å²) < 4.78 is 5.05. The molecule has 0 radical (unpaired) electrons. The van der Waals surface area contributed by atoms with Crippen LogP contribution in [-0.2, 0) is 14.3 Å². The Morgan fingerprint density at radius 1 is 1.32 bits per heavy atom. The van der Waals surface area contributed by atoms with E-state index in [0.29, 0.717) is 32.4 Å². The van der Waals surface area contributed by atoms with E-state index < -0.39 is 11.4 Å². The highest BCUT2D eigenvalue weighted by molar-refractivity contribution is 5.83. The van der Waals surface area contributed by atoms with Crippen LogP contribution < -0.4 is 4.90 Å². The van der Waals surface area contributed by atoms with Crippen LogP contribution in [0.2, 0.25) is 0 Å². The van der Waals surface area contributed by atoms with Gasteiger partial charge >= 0.3 is 5.97 Å². The number of piperidine rings is 1. The highest BCUT2D eigenvalue weighted by Crippen LogP contribution is 2.35. The van der Waals surface area contributed by atoms with E-state index in [0.717, 1.165) is 12.1 Å². The van der Waals surface area contributed by atoms with E-state index in [1.165, 1.54) is 0 Å². The molecule has 1 N–H and O–H groups in total. The number of hydrogen-bond acceptors (Lipinski definition) is 4. The topological polar surface area (TPSA) is 70.1 Å². The third-order valence-corrected chi connectivity index (χ3v) is 4.96. The van der Waals surface area contributed by atoms with Crippen LogP contribution in [0.15, 0.2) is 30.3 Å². The van der Waals surface area contributed by atoms with Gasteiger partial charge < -0.3 is 19.6 Å². The van der Waals surface area contributed by atoms with Gasteiger partial charge in [0.15, 0.2) is 0 Å². The van der Waals surface area contributed by atoms with E-state index in [1.54, 1.807) is 12.0 Å². The van der Waals surface area contributed by atoms with Crippen molar-refractivity contribution in [1.29, 1.82) is 0 Å². The lowest BCUT2D eigenvalue weighted by Crippen LogP contribution is -2.52. The number of carboxylic acids is 1. The monoisotopic (exact) mass is 348 g/mol. The van der Waals surface area contributed by atoms with E-state index in [2.05, 4.69) is 0 Å². The maximum Gasteiger partial charge on any atom is 0.311 e. The van der Waals surface area contributed by atoms with Crippen molar-refractivity contribution in [3.8, 4) is 0 Å². The molecule has 25 heavy (non-hydrogen) atoms. The largest absolute Gasteiger partial charge is 0.481 e. The molecule has 1 amide bonds. The molecule has 0 spiro atoms. The highest BCUT2D eigenvalue weighted by Gasteiger charge is 2.43. The molecule has 1 atom stereocenters. The number of anilines is 1. The standard InChI is InChI=1S/C19H28N2O4/c1-20(16-8-4-3-5-9-16)14-17(22)21-12-6-10-19(15-21,18(23)24)11-7-13-25-2/h3-5,8-9H,6-7,10-15H2,1-2H3,(H,23,24)/t19-/m1/s1. The zero-order valence-electron chi connectivity index (χ0n) is 15.1. The van der Waals surface area contributed by atoms with Crippen LogP contribution in [0, 0.1) is 5.41 Å². The van der Waals surface area contributed by atoms with E-state index >= 15 is 0 Å². The van der Waals surface area contributed by atoms with Gasteiger partial charge in [0.05, 0.1) is 12.0 Å². The first-order valence-electron chi connectivity index (χ1n) is 8.75. The van der Waals surface area contributed by atoms with Gasteiger partial charge in [-0.05, 0) is 37.8 Å². The molecule has 1 heterocycles. The van der Waals surface area contributed by atoms with Gasteiger partial charge in [0.1, 0.15) is 0 Å². The van der Waals surface area contributed by atoms with Crippen LogP contribution in [0.1, 0.15) is 25.7 Å². The number of aliphatic carboxylic acids is 1. The Hall–Kier alpha value is -2.08. The number of ether oxygens (including phenoxy) is 1. The smallest absolute Gasteiger partial charge is 0.311 e. The number of benzene rings is 1. The van der Waals surface area contributed by atoms with Gasteiger partial charge in [-0.2, -0.15) is 0 Å². The summed E-state index contributed by atoms with van der Waals surface area (Å²) in [5.74, 6) is -0.832. The Labute approximate surface area is 149 Å². The number of carboxylic acid groups (broad SMARTS) is 1. The lowest BCUT2D eigenvalue weighted by molar-refractivity contribution is -0.155. The van der Waals surface area contributed by atoms with Gasteiger partial charge in [-0.3, -0.25) is 9.59 Å². The predicted molar refractivity (Wildman–Crippen MR) is 96.7 cm³/mol. The number of carbonyl (C=O) groups is 2. The molecule has 6 nitrogen and oxygen atoms in total. The molecular formula is C19H28N2O4. The van der Waals surface area contributed by atoms with E-state index in [1.807, 2.05) is 42.3 Å². The van der Waals surface area contributed by atoms with Crippen LogP contribution in [0.5, 0.6) is 0 Å². The maximum absolute atomic E-state index is 12.7. The summed E-state index contributed by atoms with van der Waals surface area (Å²) in [6.45, 7) is 1.70. The number of amides is 1. The van der Waals surface area contributed by atoms with Crippen molar-refractivity contribution in [2.75, 3.05) is 45.3 Å². The van der Waals surface area contributed by atoms with E-state index in [9.17, 15) is 14.7 Å². The average molecular weight is 348 g/mol. The van der Waals surface area contributed by atoms with Crippen LogP contribution in [0.3, 0.4) is 0 Å². The van der Waals surface area contributed by atoms with Crippen molar-refractivity contribution in [3.63, 3.8) is 0 Å². The molecule has 0 saturated carbocycles. The average Bonchev–Trinajstić information content (AvgIpc) is 2.62. The van der Waals surface area contributed by atoms with Crippen molar-refractivity contribution >= 4 is 17.6 Å². The number of likely N-dealkylation sites (N-methyl/N-ethyl adjacent to an activating group) is 1. The number of carbonyl (C=O) groups excluding carboxylic acids is 1. The zero-order chi connectivity index (χ0) is 18.3. The Kier molecular flexibility index (Phi) is 6.82. The number of nitrogens with zero attached hydrogens (tertiary/aromatic N) is 2. The summed E-state index contributed by atoms with van der Waals surface area (Å²) in [5, 5.41) is 9.76. The second kappa shape index (κ2) is 8.85. The zero-order valence-corrected chi connectivity index (χ0v) is 15.1. The quantitative estimate of drug-likeness (QED) is 0.730. The lowest BCUT2D eigenvalue weighted by atomic mass is 9.76. The van der Waals surface area contributed by atoms with Gasteiger partial charge in [0, 0.05) is 39.5 Å². The molecule has 1 aromatic rings. The van der Waals surface area contributed by atoms with E-state index in [-0.39, 0.29) is 19.0 Å². The fourth-order valence-corrected chi connectivity index (χ4v) is 3.46. The summed E-state index contributed by atoms with van der Waals surface area (Å²) in [7, 11) is 3.49. The molecule has 0 aromatic heterocycles. The Balaban J connectivity index is 2.00. The Morgan fingerprint density at radius 3 is 2.68 bits per heavy atom. The number of methoxy groups -OCH3 is 1. The van der Waals surface area contributed by atoms with Crippen LogP contribution in [-0.4, -0.2) is 62.3 Å². The normalized spacial score (nSPS) is 20.3. The summed E-state index contributed by atoms with van der Waals surface area (Å²) >= 11 is 0. The van der Waals surface area contributed by atoms with Gasteiger partial charge in [0.2, 0.25) is 5.91 Å². The molecule has 0 unspecified atom stereocenters. The highest BCUT2D eigenvalue weighted by atomic mass is 16.5. The number of hydrogen-bond donors (Lipinski definition) is 1. The molecule has 0 aliphatic carbocycles. The third-order valence-electron chi connectivity index (χ3n) is 4.96. The van der Waals surface area contributed by atoms with Gasteiger partial charge in [-0.15, -0.1) is 0 Å². The van der Waals surface area contributed by atoms with Crippen molar-refractivity contribution < 1.29 is 19.4 Å². The second-order valence-corrected chi connectivity index (χ2v) is 6.79. The van der Waals surface area contributed by atoms with Crippen molar-refractivity contribution in [3.05, 3.63) is 30.3 Å². The first-order chi connectivity index (χ1) is 12.0. The molecule has 1 fully saturated rings. The molecular weight excluding hydrogens is 320 g/mol. The molecule has 1 aromatic carbocycles. The molecule has 2 rings (SSSR count). The third kappa shape index (κ3) is 4.95. The van der Waals surface area contributed by atoms with Gasteiger partial charge in [-0.25, -0.2) is 0 Å². The molecule has 1 saturated heterocycles. The van der Waals surface area contributed by atoms with Gasteiger partial charge in [0.25, 0.3) is 0 Å². The summed E-state index contributed by atoms with van der Waals surface area (Å²) in [6, 6.07) is 9.71. The van der Waals surface area contributed by atoms with Crippen LogP contribution in [0.4, 0.5) is 5.69 Å². The molecule has 138 valence electrons.